The van der Waals surface area contributed by atoms with Gasteiger partial charge in [0.25, 0.3) is 0 Å². The minimum atomic E-state index is -0.281. The normalized spacial score (nSPS) is 9.94. The maximum absolute atomic E-state index is 11.0. The van der Waals surface area contributed by atoms with Crippen molar-refractivity contribution in [3.8, 4) is 0 Å². The number of primary amides is 1. The standard InChI is InChI=1S/C12H15ClN2O2/c13-8-12(17)15-10-6-4-9(5-7-10)2-1-3-11(14)16/h4-7H,1-3,8H2,(H2,14,16)(H,15,17). The molecule has 4 nitrogen and oxygen atoms in total. The van der Waals surface area contributed by atoms with Gasteiger partial charge in [0.05, 0.1) is 0 Å². The number of nitrogens with one attached hydrogen (secondary N) is 1. The number of nitrogens with two attached hydrogens (primary N) is 1. The molecule has 17 heavy (non-hydrogen) atoms. The van der Waals surface area contributed by atoms with Crippen molar-refractivity contribution in [2.45, 2.75) is 19.3 Å². The summed E-state index contributed by atoms with van der Waals surface area (Å²) < 4.78 is 0. The molecule has 0 aromatic heterocycles. The maximum Gasteiger partial charge on any atom is 0.239 e. The summed E-state index contributed by atoms with van der Waals surface area (Å²) in [5.74, 6) is -0.565. The van der Waals surface area contributed by atoms with Crippen LogP contribution in [0.2, 0.25) is 0 Å². The van der Waals surface area contributed by atoms with E-state index in [2.05, 4.69) is 5.32 Å². The van der Waals surface area contributed by atoms with Crippen LogP contribution in [0.1, 0.15) is 18.4 Å². The van der Waals surface area contributed by atoms with E-state index in [0.717, 1.165) is 18.4 Å². The number of rotatable bonds is 6. The molecule has 0 saturated carbocycles. The Kier molecular flexibility index (Phi) is 5.49. The van der Waals surface area contributed by atoms with E-state index in [0.29, 0.717) is 12.1 Å². The van der Waals surface area contributed by atoms with Gasteiger partial charge in [-0.15, -0.1) is 11.6 Å². The number of amides is 2. The van der Waals surface area contributed by atoms with Gasteiger partial charge in [-0.1, -0.05) is 12.1 Å². The van der Waals surface area contributed by atoms with E-state index in [-0.39, 0.29) is 17.7 Å². The molecule has 0 aliphatic carbocycles. The van der Waals surface area contributed by atoms with E-state index in [9.17, 15) is 9.59 Å². The number of hydrogen-bond acceptors (Lipinski definition) is 2. The van der Waals surface area contributed by atoms with Crippen LogP contribution in [0.4, 0.5) is 5.69 Å². The summed E-state index contributed by atoms with van der Waals surface area (Å²) in [5.41, 5.74) is 6.88. The molecule has 0 bridgehead atoms. The molecule has 0 spiro atoms. The van der Waals surface area contributed by atoms with Gasteiger partial charge in [0.1, 0.15) is 5.88 Å². The Morgan fingerprint density at radius 2 is 1.88 bits per heavy atom. The number of halogens is 1. The first-order valence-corrected chi connectivity index (χ1v) is 5.88. The van der Waals surface area contributed by atoms with Gasteiger partial charge in [0.2, 0.25) is 11.8 Å². The molecule has 3 N–H and O–H groups in total. The molecule has 0 unspecified atom stereocenters. The van der Waals surface area contributed by atoms with Crippen LogP contribution in [0, 0.1) is 0 Å². The number of hydrogen-bond donors (Lipinski definition) is 2. The zero-order valence-corrected chi connectivity index (χ0v) is 10.2. The first kappa shape index (κ1) is 13.5. The lowest BCUT2D eigenvalue weighted by atomic mass is 10.1. The van der Waals surface area contributed by atoms with Crippen LogP contribution < -0.4 is 11.1 Å². The number of aryl methyl sites for hydroxylation is 1. The van der Waals surface area contributed by atoms with Crippen molar-refractivity contribution in [1.29, 1.82) is 0 Å². The van der Waals surface area contributed by atoms with E-state index in [1.54, 1.807) is 0 Å². The summed E-state index contributed by atoms with van der Waals surface area (Å²) in [6.45, 7) is 0. The minimum Gasteiger partial charge on any atom is -0.370 e. The molecule has 1 aromatic carbocycles. The number of alkyl halides is 1. The largest absolute Gasteiger partial charge is 0.370 e. The van der Waals surface area contributed by atoms with Crippen molar-refractivity contribution >= 4 is 29.1 Å². The van der Waals surface area contributed by atoms with Crippen LogP contribution in [-0.2, 0) is 16.0 Å². The molecule has 92 valence electrons. The highest BCUT2D eigenvalue weighted by atomic mass is 35.5. The van der Waals surface area contributed by atoms with Gasteiger partial charge >= 0.3 is 0 Å². The fraction of sp³-hybridized carbons (Fsp3) is 0.333. The second-order valence-corrected chi connectivity index (χ2v) is 3.97. The zero-order chi connectivity index (χ0) is 12.7. The van der Waals surface area contributed by atoms with Gasteiger partial charge in [0.15, 0.2) is 0 Å². The summed E-state index contributed by atoms with van der Waals surface area (Å²) in [6.07, 6.45) is 1.93. The molecule has 0 aliphatic rings. The van der Waals surface area contributed by atoms with Crippen molar-refractivity contribution < 1.29 is 9.59 Å². The van der Waals surface area contributed by atoms with Crippen LogP contribution in [0.15, 0.2) is 24.3 Å². The van der Waals surface area contributed by atoms with E-state index in [1.807, 2.05) is 24.3 Å². The van der Waals surface area contributed by atoms with E-state index in [1.165, 1.54) is 0 Å². The third-order valence-corrected chi connectivity index (χ3v) is 2.49. The van der Waals surface area contributed by atoms with Gasteiger partial charge in [-0.3, -0.25) is 9.59 Å². The molecule has 0 fully saturated rings. The van der Waals surface area contributed by atoms with Gasteiger partial charge in [-0.25, -0.2) is 0 Å². The molecule has 0 radical (unpaired) electrons. The van der Waals surface area contributed by atoms with Gasteiger partial charge in [0, 0.05) is 12.1 Å². The molecule has 1 aromatic rings. The Hall–Kier alpha value is -1.55. The second kappa shape index (κ2) is 6.91. The molecular weight excluding hydrogens is 240 g/mol. The summed E-state index contributed by atoms with van der Waals surface area (Å²) >= 11 is 5.38. The summed E-state index contributed by atoms with van der Waals surface area (Å²) in [5, 5.41) is 2.65. The lowest BCUT2D eigenvalue weighted by Gasteiger charge is -2.04. The van der Waals surface area contributed by atoms with Crippen LogP contribution in [0.25, 0.3) is 0 Å². The highest BCUT2D eigenvalue weighted by Crippen LogP contribution is 2.11. The lowest BCUT2D eigenvalue weighted by Crippen LogP contribution is -2.12. The van der Waals surface area contributed by atoms with Crippen molar-refractivity contribution in [3.05, 3.63) is 29.8 Å². The Balaban J connectivity index is 2.44. The average molecular weight is 255 g/mol. The average Bonchev–Trinajstić information content (AvgIpc) is 2.31. The Bertz CT molecular complexity index is 390. The van der Waals surface area contributed by atoms with Crippen LogP contribution in [0.3, 0.4) is 0 Å². The molecule has 1 rings (SSSR count). The first-order valence-electron chi connectivity index (χ1n) is 5.35. The molecular formula is C12H15ClN2O2. The monoisotopic (exact) mass is 254 g/mol. The predicted octanol–water partition coefficient (Wildman–Crippen LogP) is 1.67. The summed E-state index contributed by atoms with van der Waals surface area (Å²) in [7, 11) is 0. The minimum absolute atomic E-state index is 0.0552. The first-order chi connectivity index (χ1) is 8.11. The molecule has 0 saturated heterocycles. The van der Waals surface area contributed by atoms with Gasteiger partial charge < -0.3 is 11.1 Å². The molecule has 2 amide bonds. The van der Waals surface area contributed by atoms with Crippen LogP contribution in [-0.4, -0.2) is 17.7 Å². The number of carbonyl (C=O) groups is 2. The highest BCUT2D eigenvalue weighted by Gasteiger charge is 2.00. The second-order valence-electron chi connectivity index (χ2n) is 3.70. The summed E-state index contributed by atoms with van der Waals surface area (Å²) in [6, 6.07) is 7.43. The van der Waals surface area contributed by atoms with Gasteiger partial charge in [-0.05, 0) is 30.5 Å². The third kappa shape index (κ3) is 5.36. The SMILES string of the molecule is NC(=O)CCCc1ccc(NC(=O)CCl)cc1. The molecule has 5 heteroatoms. The third-order valence-electron chi connectivity index (χ3n) is 2.25. The predicted molar refractivity (Wildman–Crippen MR) is 67.9 cm³/mol. The number of benzene rings is 1. The Morgan fingerprint density at radius 3 is 2.41 bits per heavy atom. The van der Waals surface area contributed by atoms with Crippen LogP contribution >= 0.6 is 11.6 Å². The van der Waals surface area contributed by atoms with E-state index < -0.39 is 0 Å². The molecule has 0 heterocycles. The fourth-order valence-corrected chi connectivity index (χ4v) is 1.48. The quantitative estimate of drug-likeness (QED) is 0.758. The summed E-state index contributed by atoms with van der Waals surface area (Å²) in [4.78, 5) is 21.6. The molecule has 0 aliphatic heterocycles. The Morgan fingerprint density at radius 1 is 1.24 bits per heavy atom. The fourth-order valence-electron chi connectivity index (χ4n) is 1.42. The van der Waals surface area contributed by atoms with Crippen molar-refractivity contribution in [2.24, 2.45) is 5.73 Å². The number of anilines is 1. The van der Waals surface area contributed by atoms with E-state index in [4.69, 9.17) is 17.3 Å². The topological polar surface area (TPSA) is 72.2 Å². The molecule has 0 atom stereocenters. The Labute approximate surface area is 105 Å². The lowest BCUT2D eigenvalue weighted by molar-refractivity contribution is -0.118. The van der Waals surface area contributed by atoms with Crippen molar-refractivity contribution in [1.82, 2.24) is 0 Å². The van der Waals surface area contributed by atoms with Crippen LogP contribution in [0.5, 0.6) is 0 Å². The number of carbonyl (C=O) groups excluding carboxylic acids is 2. The van der Waals surface area contributed by atoms with Gasteiger partial charge in [-0.2, -0.15) is 0 Å². The van der Waals surface area contributed by atoms with Crippen molar-refractivity contribution in [3.63, 3.8) is 0 Å². The maximum atomic E-state index is 11.0. The smallest absolute Gasteiger partial charge is 0.239 e. The highest BCUT2D eigenvalue weighted by molar-refractivity contribution is 6.29. The van der Waals surface area contributed by atoms with E-state index >= 15 is 0 Å². The zero-order valence-electron chi connectivity index (χ0n) is 9.41. The van der Waals surface area contributed by atoms with Crippen molar-refractivity contribution in [2.75, 3.05) is 11.2 Å².